The van der Waals surface area contributed by atoms with Crippen molar-refractivity contribution in [3.8, 4) is 5.75 Å². The molecule has 174 valence electrons. The zero-order valence-corrected chi connectivity index (χ0v) is 19.1. The predicted octanol–water partition coefficient (Wildman–Crippen LogP) is 3.96. The van der Waals surface area contributed by atoms with Crippen LogP contribution in [-0.2, 0) is 13.1 Å². The second-order valence-electron chi connectivity index (χ2n) is 7.86. The van der Waals surface area contributed by atoms with Crippen molar-refractivity contribution in [3.63, 3.8) is 0 Å². The lowest BCUT2D eigenvalue weighted by atomic mass is 10.1. The summed E-state index contributed by atoms with van der Waals surface area (Å²) in [5.74, 6) is 0.520. The van der Waals surface area contributed by atoms with Gasteiger partial charge >= 0.3 is 5.69 Å². The van der Waals surface area contributed by atoms with Crippen LogP contribution in [-0.4, -0.2) is 37.5 Å². The molecule has 4 aromatic rings. The summed E-state index contributed by atoms with van der Waals surface area (Å²) in [6.45, 7) is 4.22. The molecule has 0 radical (unpaired) electrons. The number of rotatable bonds is 8. The van der Waals surface area contributed by atoms with Gasteiger partial charge < -0.3 is 10.1 Å². The molecule has 1 N–H and O–H groups in total. The maximum Gasteiger partial charge on any atom is 0.312 e. The Morgan fingerprint density at radius 2 is 1.88 bits per heavy atom. The van der Waals surface area contributed by atoms with Crippen molar-refractivity contribution in [3.05, 3.63) is 99.1 Å². The second kappa shape index (κ2) is 9.57. The van der Waals surface area contributed by atoms with E-state index in [9.17, 15) is 14.9 Å². The zero-order chi connectivity index (χ0) is 24.2. The molecule has 4 rings (SSSR count). The quantitative estimate of drug-likeness (QED) is 0.314. The monoisotopic (exact) mass is 460 g/mol. The van der Waals surface area contributed by atoms with E-state index in [2.05, 4.69) is 15.5 Å². The minimum Gasteiger partial charge on any atom is -0.497 e. The smallest absolute Gasteiger partial charge is 0.312 e. The first-order valence-electron chi connectivity index (χ1n) is 10.6. The number of hydrogen-bond acceptors (Lipinski definition) is 6. The molecule has 0 bridgehead atoms. The van der Waals surface area contributed by atoms with Gasteiger partial charge in [0.15, 0.2) is 0 Å². The molecule has 0 aliphatic carbocycles. The summed E-state index contributed by atoms with van der Waals surface area (Å²) in [4.78, 5) is 23.4. The van der Waals surface area contributed by atoms with Crippen molar-refractivity contribution in [1.29, 1.82) is 0 Å². The third-order valence-corrected chi connectivity index (χ3v) is 5.44. The Kier molecular flexibility index (Phi) is 6.39. The van der Waals surface area contributed by atoms with Gasteiger partial charge in [0.2, 0.25) is 0 Å². The summed E-state index contributed by atoms with van der Waals surface area (Å²) < 4.78 is 8.58. The fourth-order valence-corrected chi connectivity index (χ4v) is 3.72. The molecule has 0 aliphatic rings. The van der Waals surface area contributed by atoms with Crippen LogP contribution in [0.1, 0.15) is 32.9 Å². The van der Waals surface area contributed by atoms with E-state index in [1.165, 1.54) is 0 Å². The summed E-state index contributed by atoms with van der Waals surface area (Å²) in [7, 11) is 1.62. The number of nitrogens with one attached hydrogen (secondary N) is 1. The van der Waals surface area contributed by atoms with Crippen LogP contribution in [0.25, 0.3) is 0 Å². The summed E-state index contributed by atoms with van der Waals surface area (Å²) in [5.41, 5.74) is 3.89. The maximum atomic E-state index is 12.7. The highest BCUT2D eigenvalue weighted by Gasteiger charge is 2.21. The number of aryl methyl sites for hydroxylation is 1. The molecule has 2 aromatic heterocycles. The molecule has 2 heterocycles. The average Bonchev–Trinajstić information content (AvgIpc) is 3.36. The van der Waals surface area contributed by atoms with E-state index in [4.69, 9.17) is 4.74 Å². The summed E-state index contributed by atoms with van der Waals surface area (Å²) in [6.07, 6.45) is 3.36. The molecular weight excluding hydrogens is 436 g/mol. The van der Waals surface area contributed by atoms with Gasteiger partial charge in [0, 0.05) is 11.8 Å². The first kappa shape index (κ1) is 22.7. The highest BCUT2D eigenvalue weighted by Crippen LogP contribution is 2.22. The molecule has 0 saturated heterocycles. The number of benzene rings is 2. The van der Waals surface area contributed by atoms with Gasteiger partial charge in [-0.05, 0) is 49.2 Å². The number of hydrogen-bond donors (Lipinski definition) is 1. The van der Waals surface area contributed by atoms with E-state index < -0.39 is 4.92 Å². The number of anilines is 1. The summed E-state index contributed by atoms with van der Waals surface area (Å²) in [5, 5.41) is 22.6. The number of nitrogens with zero attached hydrogens (tertiary/aromatic N) is 5. The van der Waals surface area contributed by atoms with Crippen LogP contribution in [0.2, 0.25) is 0 Å². The lowest BCUT2D eigenvalue weighted by Gasteiger charge is -2.06. The number of ether oxygens (including phenoxy) is 1. The number of carbonyl (C=O) groups excluding carboxylic acids is 1. The van der Waals surface area contributed by atoms with Gasteiger partial charge in [0.1, 0.15) is 17.1 Å². The van der Waals surface area contributed by atoms with Crippen molar-refractivity contribution >= 4 is 17.3 Å². The van der Waals surface area contributed by atoms with Crippen molar-refractivity contribution in [1.82, 2.24) is 19.6 Å². The van der Waals surface area contributed by atoms with E-state index in [-0.39, 0.29) is 11.6 Å². The average molecular weight is 460 g/mol. The molecule has 10 nitrogen and oxygen atoms in total. The van der Waals surface area contributed by atoms with Gasteiger partial charge in [-0.3, -0.25) is 24.3 Å². The second-order valence-corrected chi connectivity index (χ2v) is 7.86. The molecule has 0 atom stereocenters. The van der Waals surface area contributed by atoms with E-state index in [0.717, 1.165) is 16.9 Å². The molecule has 0 spiro atoms. The SMILES string of the molecule is COc1cccc(Cn2cc(NC(=O)c3ccc(Cn4nc(C)c([N+](=O)[O-])c4C)cc3)cn2)c1. The maximum absolute atomic E-state index is 12.7. The minimum absolute atomic E-state index is 0.0305. The molecule has 0 unspecified atom stereocenters. The van der Waals surface area contributed by atoms with Gasteiger partial charge in [-0.25, -0.2) is 0 Å². The Balaban J connectivity index is 1.39. The van der Waals surface area contributed by atoms with Crippen LogP contribution < -0.4 is 10.1 Å². The first-order valence-corrected chi connectivity index (χ1v) is 10.6. The summed E-state index contributed by atoms with van der Waals surface area (Å²) >= 11 is 0. The topological polar surface area (TPSA) is 117 Å². The summed E-state index contributed by atoms with van der Waals surface area (Å²) in [6, 6.07) is 14.8. The van der Waals surface area contributed by atoms with Crippen LogP contribution >= 0.6 is 0 Å². The molecule has 1 amide bonds. The van der Waals surface area contributed by atoms with Crippen LogP contribution in [0.15, 0.2) is 60.9 Å². The van der Waals surface area contributed by atoms with Crippen LogP contribution in [0, 0.1) is 24.0 Å². The van der Waals surface area contributed by atoms with Crippen LogP contribution in [0.4, 0.5) is 11.4 Å². The van der Waals surface area contributed by atoms with E-state index >= 15 is 0 Å². The first-order chi connectivity index (χ1) is 16.3. The van der Waals surface area contributed by atoms with E-state index in [1.54, 1.807) is 54.8 Å². The Bertz CT molecular complexity index is 1340. The Morgan fingerprint density at radius 3 is 2.56 bits per heavy atom. The van der Waals surface area contributed by atoms with Gasteiger partial charge in [0.05, 0.1) is 37.0 Å². The normalized spacial score (nSPS) is 10.8. The van der Waals surface area contributed by atoms with Crippen molar-refractivity contribution in [2.45, 2.75) is 26.9 Å². The van der Waals surface area contributed by atoms with Gasteiger partial charge in [-0.1, -0.05) is 24.3 Å². The van der Waals surface area contributed by atoms with Crippen molar-refractivity contribution < 1.29 is 14.5 Å². The van der Waals surface area contributed by atoms with Crippen LogP contribution in [0.3, 0.4) is 0 Å². The minimum atomic E-state index is -0.416. The fraction of sp³-hybridized carbons (Fsp3) is 0.208. The fourth-order valence-electron chi connectivity index (χ4n) is 3.72. The lowest BCUT2D eigenvalue weighted by Crippen LogP contribution is -2.12. The third kappa shape index (κ3) is 4.96. The molecule has 0 fully saturated rings. The van der Waals surface area contributed by atoms with Gasteiger partial charge in [-0.15, -0.1) is 0 Å². The molecule has 34 heavy (non-hydrogen) atoms. The zero-order valence-electron chi connectivity index (χ0n) is 19.1. The number of carbonyl (C=O) groups is 1. The standard InChI is InChI=1S/C24H24N6O4/c1-16-23(30(32)33)17(2)29(27-16)14-18-7-9-20(10-8-18)24(31)26-21-12-25-28(15-21)13-19-5-4-6-22(11-19)34-3/h4-12,15H,13-14H2,1-3H3,(H,26,31). The number of methoxy groups -OCH3 is 1. The number of aromatic nitrogens is 4. The van der Waals surface area contributed by atoms with Crippen molar-refractivity contribution in [2.75, 3.05) is 12.4 Å². The molecular formula is C24H24N6O4. The predicted molar refractivity (Wildman–Crippen MR) is 126 cm³/mol. The van der Waals surface area contributed by atoms with Crippen LogP contribution in [0.5, 0.6) is 5.75 Å². The Morgan fingerprint density at radius 1 is 1.12 bits per heavy atom. The Labute approximate surface area is 195 Å². The Hall–Kier alpha value is -4.47. The van der Waals surface area contributed by atoms with E-state index in [1.807, 2.05) is 36.4 Å². The number of amides is 1. The van der Waals surface area contributed by atoms with Gasteiger partial charge in [-0.2, -0.15) is 10.2 Å². The molecule has 2 aromatic carbocycles. The van der Waals surface area contributed by atoms with E-state index in [0.29, 0.717) is 35.7 Å². The van der Waals surface area contributed by atoms with Crippen molar-refractivity contribution in [2.24, 2.45) is 0 Å². The largest absolute Gasteiger partial charge is 0.497 e. The molecule has 0 aliphatic heterocycles. The van der Waals surface area contributed by atoms with Gasteiger partial charge in [0.25, 0.3) is 5.91 Å². The molecule has 10 heteroatoms. The highest BCUT2D eigenvalue weighted by atomic mass is 16.6. The molecule has 0 saturated carbocycles. The highest BCUT2D eigenvalue weighted by molar-refractivity contribution is 6.04. The number of nitro groups is 1. The third-order valence-electron chi connectivity index (χ3n) is 5.44. The lowest BCUT2D eigenvalue weighted by molar-refractivity contribution is -0.386.